The van der Waals surface area contributed by atoms with Crippen molar-refractivity contribution in [3.8, 4) is 0 Å². The highest BCUT2D eigenvalue weighted by atomic mass is 16.6. The number of unbranched alkanes of at least 4 members (excludes halogenated alkanes) is 1. The maximum atomic E-state index is 14.3. The number of allylic oxidation sites excluding steroid dienone is 1. The number of hydrogen-bond donors (Lipinski definition) is 1. The number of nitrogens with one attached hydrogen (secondary N) is 1. The van der Waals surface area contributed by atoms with Crippen molar-refractivity contribution >= 4 is 35.6 Å². The maximum Gasteiger partial charge on any atom is 0.329 e. The molecule has 0 spiro atoms. The van der Waals surface area contributed by atoms with Crippen LogP contribution in [-0.4, -0.2) is 107 Å². The van der Waals surface area contributed by atoms with Gasteiger partial charge in [-0.05, 0) is 55.4 Å². The van der Waals surface area contributed by atoms with Gasteiger partial charge in [-0.2, -0.15) is 0 Å². The third-order valence-corrected chi connectivity index (χ3v) is 10.8. The van der Waals surface area contributed by atoms with Crippen LogP contribution in [0.15, 0.2) is 43.0 Å². The molecular weight excluding hydrogens is 676 g/mol. The van der Waals surface area contributed by atoms with Gasteiger partial charge in [0.25, 0.3) is 5.91 Å². The fraction of sp³-hybridized carbons (Fsp3) is 0.659. The zero-order chi connectivity index (χ0) is 39.6. The van der Waals surface area contributed by atoms with E-state index in [-0.39, 0.29) is 24.8 Å². The van der Waals surface area contributed by atoms with E-state index in [1.165, 1.54) is 21.7 Å². The molecule has 0 unspecified atom stereocenters. The lowest BCUT2D eigenvalue weighted by molar-refractivity contribution is -0.171. The number of fused-ring (bicyclic) bond motifs is 1. The Bertz CT molecular complexity index is 1450. The summed E-state index contributed by atoms with van der Waals surface area (Å²) in [6, 6.07) is 5.16. The number of esters is 2. The summed E-state index contributed by atoms with van der Waals surface area (Å²) in [6.45, 7) is 16.6. The van der Waals surface area contributed by atoms with Crippen LogP contribution in [0.4, 0.5) is 0 Å². The van der Waals surface area contributed by atoms with Crippen molar-refractivity contribution in [1.82, 2.24) is 20.0 Å². The second-order valence-corrected chi connectivity index (χ2v) is 15.4. The van der Waals surface area contributed by atoms with Crippen LogP contribution < -0.4 is 5.32 Å². The lowest BCUT2D eigenvalue weighted by Crippen LogP contribution is -2.57. The van der Waals surface area contributed by atoms with Crippen molar-refractivity contribution in [3.63, 3.8) is 0 Å². The summed E-state index contributed by atoms with van der Waals surface area (Å²) in [7, 11) is 3.05. The smallest absolute Gasteiger partial charge is 0.329 e. The summed E-state index contributed by atoms with van der Waals surface area (Å²) >= 11 is 0. The normalized spacial score (nSPS) is 27.8. The van der Waals surface area contributed by atoms with Crippen molar-refractivity contribution in [2.24, 2.45) is 23.7 Å². The first-order chi connectivity index (χ1) is 25.0. The molecule has 4 amide bonds. The number of rotatable bonds is 10. The molecule has 12 nitrogen and oxygen atoms in total. The molecule has 8 atom stereocenters. The molecule has 294 valence electrons. The molecule has 2 aliphatic heterocycles. The van der Waals surface area contributed by atoms with Gasteiger partial charge in [-0.15, -0.1) is 6.58 Å². The van der Waals surface area contributed by atoms with Gasteiger partial charge in [-0.25, -0.2) is 9.59 Å². The SMILES string of the molecule is C=CCCC[C@@H]1OC(=O)[C@H]([C@H](C)CC)N(C)C(=O)[C@@H]2CCCN2C(=O)[C@H](C(C)C)OC(=O)[C@H](Cc2ccccc2)N(C)C(=O)[C@H](C(C)C)NC(=O)[C@@H]1C. The quantitative estimate of drug-likeness (QED) is 0.210. The molecule has 1 N–H and O–H groups in total. The summed E-state index contributed by atoms with van der Waals surface area (Å²) < 4.78 is 12.2. The number of likely N-dealkylation sites (N-methyl/N-ethyl adjacent to an activating group) is 2. The highest BCUT2D eigenvalue weighted by Gasteiger charge is 2.45. The standard InChI is InChI=1S/C41H62N4O8/c1-11-13-15-22-32-28(8)36(46)42-33(25(3)4)38(48)43(9)31(24-29-19-16-14-17-20-29)40(50)53-35(26(5)6)39(49)45-23-18-21-30(45)37(47)44(10)34(27(7)12-2)41(51)52-32/h11,14,16-17,19-20,25-28,30-35H,1,12-13,15,18,21-24H2,2-10H3,(H,42,46)/t27-,28-,30+,31+,32+,33+,34+,35+/m1/s1. The molecule has 0 saturated carbocycles. The van der Waals surface area contributed by atoms with Crippen LogP contribution in [0.25, 0.3) is 0 Å². The Labute approximate surface area is 316 Å². The van der Waals surface area contributed by atoms with E-state index in [9.17, 15) is 28.8 Å². The lowest BCUT2D eigenvalue weighted by Gasteiger charge is -2.37. The van der Waals surface area contributed by atoms with Crippen molar-refractivity contribution < 1.29 is 38.2 Å². The number of benzene rings is 1. The molecule has 12 heteroatoms. The lowest BCUT2D eigenvalue weighted by atomic mass is 9.94. The van der Waals surface area contributed by atoms with E-state index in [0.29, 0.717) is 38.5 Å². The fourth-order valence-corrected chi connectivity index (χ4v) is 7.14. The van der Waals surface area contributed by atoms with E-state index < -0.39 is 83.8 Å². The summed E-state index contributed by atoms with van der Waals surface area (Å²) in [4.78, 5) is 89.3. The number of amides is 4. The molecule has 1 aromatic carbocycles. The Morgan fingerprint density at radius 1 is 0.887 bits per heavy atom. The van der Waals surface area contributed by atoms with Crippen LogP contribution in [0.1, 0.15) is 92.6 Å². The average Bonchev–Trinajstić information content (AvgIpc) is 3.63. The molecule has 0 radical (unpaired) electrons. The predicted molar refractivity (Wildman–Crippen MR) is 202 cm³/mol. The average molecular weight is 739 g/mol. The first-order valence-electron chi connectivity index (χ1n) is 19.2. The first kappa shape index (κ1) is 43.2. The van der Waals surface area contributed by atoms with Crippen LogP contribution in [0.5, 0.6) is 0 Å². The summed E-state index contributed by atoms with van der Waals surface area (Å²) in [5.74, 6) is -5.32. The molecule has 1 aromatic rings. The van der Waals surface area contributed by atoms with Gasteiger partial charge in [0.15, 0.2) is 6.10 Å². The van der Waals surface area contributed by atoms with Crippen molar-refractivity contribution in [1.29, 1.82) is 0 Å². The van der Waals surface area contributed by atoms with Gasteiger partial charge in [-0.3, -0.25) is 19.2 Å². The molecule has 0 bridgehead atoms. The Hall–Kier alpha value is -4.22. The van der Waals surface area contributed by atoms with Gasteiger partial charge in [0.2, 0.25) is 17.7 Å². The van der Waals surface area contributed by atoms with Gasteiger partial charge < -0.3 is 29.5 Å². The highest BCUT2D eigenvalue weighted by Crippen LogP contribution is 2.28. The molecule has 0 aliphatic carbocycles. The minimum Gasteiger partial charge on any atom is -0.460 e. The van der Waals surface area contributed by atoms with Crippen LogP contribution in [-0.2, 0) is 44.7 Å². The van der Waals surface area contributed by atoms with Gasteiger partial charge in [0.1, 0.15) is 30.3 Å². The number of carbonyl (C=O) groups is 6. The van der Waals surface area contributed by atoms with E-state index >= 15 is 0 Å². The minimum absolute atomic E-state index is 0.101. The zero-order valence-electron chi connectivity index (χ0n) is 33.2. The maximum absolute atomic E-state index is 14.3. The molecule has 2 fully saturated rings. The Balaban J connectivity index is 2.18. The van der Waals surface area contributed by atoms with Crippen molar-refractivity contribution in [2.75, 3.05) is 20.6 Å². The van der Waals surface area contributed by atoms with Crippen molar-refractivity contribution in [2.45, 2.75) is 130 Å². The third-order valence-electron chi connectivity index (χ3n) is 10.8. The Kier molecular flexibility index (Phi) is 16.1. The summed E-state index contributed by atoms with van der Waals surface area (Å²) in [5, 5.41) is 2.90. The van der Waals surface area contributed by atoms with E-state index in [1.54, 1.807) is 47.7 Å². The van der Waals surface area contributed by atoms with Crippen LogP contribution >= 0.6 is 0 Å². The topological polar surface area (TPSA) is 143 Å². The van der Waals surface area contributed by atoms with Crippen LogP contribution in [0.2, 0.25) is 0 Å². The molecule has 2 saturated heterocycles. The Morgan fingerprint density at radius 2 is 1.55 bits per heavy atom. The number of carbonyl (C=O) groups excluding carboxylic acids is 6. The first-order valence-corrected chi connectivity index (χ1v) is 19.2. The molecule has 3 rings (SSSR count). The molecule has 2 heterocycles. The van der Waals surface area contributed by atoms with E-state index in [0.717, 1.165) is 5.56 Å². The monoisotopic (exact) mass is 738 g/mol. The minimum atomic E-state index is -1.24. The largest absolute Gasteiger partial charge is 0.460 e. The van der Waals surface area contributed by atoms with Gasteiger partial charge in [-0.1, -0.05) is 91.3 Å². The van der Waals surface area contributed by atoms with E-state index in [4.69, 9.17) is 9.47 Å². The van der Waals surface area contributed by atoms with Gasteiger partial charge in [0.05, 0.1) is 5.92 Å². The Morgan fingerprint density at radius 3 is 2.13 bits per heavy atom. The third kappa shape index (κ3) is 10.7. The van der Waals surface area contributed by atoms with Crippen molar-refractivity contribution in [3.05, 3.63) is 48.6 Å². The van der Waals surface area contributed by atoms with Crippen LogP contribution in [0.3, 0.4) is 0 Å². The molecule has 0 aromatic heterocycles. The van der Waals surface area contributed by atoms with E-state index in [1.807, 2.05) is 44.2 Å². The number of nitrogens with zero attached hydrogens (tertiary/aromatic N) is 3. The van der Waals surface area contributed by atoms with Gasteiger partial charge >= 0.3 is 11.9 Å². The van der Waals surface area contributed by atoms with Crippen LogP contribution in [0, 0.1) is 23.7 Å². The summed E-state index contributed by atoms with van der Waals surface area (Å²) in [6.07, 6.45) is 2.82. The predicted octanol–water partition coefficient (Wildman–Crippen LogP) is 4.55. The fourth-order valence-electron chi connectivity index (χ4n) is 7.14. The molecule has 2 aliphatic rings. The molecule has 53 heavy (non-hydrogen) atoms. The highest BCUT2D eigenvalue weighted by molar-refractivity contribution is 5.95. The van der Waals surface area contributed by atoms with E-state index in [2.05, 4.69) is 11.9 Å². The summed E-state index contributed by atoms with van der Waals surface area (Å²) in [5.41, 5.74) is 0.770. The number of cyclic esters (lactones) is 2. The second kappa shape index (κ2) is 19.7. The second-order valence-electron chi connectivity index (χ2n) is 15.4. The molecular formula is C41H62N4O8. The number of ether oxygens (including phenoxy) is 2. The zero-order valence-corrected chi connectivity index (χ0v) is 33.2. The van der Waals surface area contributed by atoms with Gasteiger partial charge in [0, 0.05) is 27.1 Å². The number of hydrogen-bond acceptors (Lipinski definition) is 8.